The number of amides is 1. The van der Waals surface area contributed by atoms with E-state index >= 15 is 0 Å². The van der Waals surface area contributed by atoms with Gasteiger partial charge < -0.3 is 18.8 Å². The highest BCUT2D eigenvalue weighted by Crippen LogP contribution is 2.20. The van der Waals surface area contributed by atoms with E-state index in [2.05, 4.69) is 0 Å². The quantitative estimate of drug-likeness (QED) is 0.866. The predicted molar refractivity (Wildman–Crippen MR) is 91.2 cm³/mol. The first kappa shape index (κ1) is 15.7. The molecule has 0 bridgehead atoms. The monoisotopic (exact) mass is 328 g/mol. The minimum Gasteiger partial charge on any atom is -0.381 e. The molecule has 0 aliphatic carbocycles. The van der Waals surface area contributed by atoms with Crippen molar-refractivity contribution in [1.82, 2.24) is 9.30 Å². The van der Waals surface area contributed by atoms with Crippen molar-refractivity contribution in [3.63, 3.8) is 0 Å². The Bertz CT molecular complexity index is 664. The number of carbonyl (C=O) groups excluding carboxylic acids is 1. The molecule has 2 aromatic rings. The van der Waals surface area contributed by atoms with Gasteiger partial charge in [0.1, 0.15) is 0 Å². The van der Waals surface area contributed by atoms with E-state index in [1.54, 1.807) is 0 Å². The minimum atomic E-state index is 0.126. The van der Waals surface area contributed by atoms with Gasteiger partial charge in [0, 0.05) is 43.5 Å². The number of likely N-dealkylation sites (tertiary alicyclic amines) is 1. The lowest BCUT2D eigenvalue weighted by molar-refractivity contribution is -0.00793. The molecule has 2 saturated heterocycles. The van der Waals surface area contributed by atoms with Crippen molar-refractivity contribution in [2.24, 2.45) is 5.92 Å². The Morgan fingerprint density at radius 1 is 1.25 bits per heavy atom. The standard InChI is InChI=1S/C19H24N2O3/c22-19(16-11-17-3-1-2-7-21(17)12-16)20-8-4-18(5-9-20)24-14-15-6-10-23-13-15/h1-3,7,11-12,15,18H,4-6,8-10,13-14H2/t15-/m1/s1. The Labute approximate surface area is 142 Å². The van der Waals surface area contributed by atoms with Crippen LogP contribution < -0.4 is 0 Å². The molecule has 2 fully saturated rings. The number of rotatable bonds is 4. The van der Waals surface area contributed by atoms with Crippen LogP contribution in [0.25, 0.3) is 5.52 Å². The molecule has 0 aromatic carbocycles. The van der Waals surface area contributed by atoms with Crippen molar-refractivity contribution in [3.8, 4) is 0 Å². The molecule has 5 nitrogen and oxygen atoms in total. The van der Waals surface area contributed by atoms with E-state index in [0.29, 0.717) is 5.92 Å². The van der Waals surface area contributed by atoms with Crippen LogP contribution in [-0.2, 0) is 9.47 Å². The van der Waals surface area contributed by atoms with Gasteiger partial charge in [-0.05, 0) is 37.5 Å². The Balaban J connectivity index is 1.30. The second-order valence-electron chi connectivity index (χ2n) is 6.82. The molecule has 128 valence electrons. The molecule has 0 N–H and O–H groups in total. The average Bonchev–Trinajstić information content (AvgIpc) is 3.29. The van der Waals surface area contributed by atoms with Gasteiger partial charge in [-0.3, -0.25) is 4.79 Å². The summed E-state index contributed by atoms with van der Waals surface area (Å²) in [6, 6.07) is 7.94. The van der Waals surface area contributed by atoms with E-state index in [4.69, 9.17) is 9.47 Å². The summed E-state index contributed by atoms with van der Waals surface area (Å²) in [4.78, 5) is 14.6. The van der Waals surface area contributed by atoms with Crippen LogP contribution in [-0.4, -0.2) is 54.2 Å². The molecule has 4 heterocycles. The van der Waals surface area contributed by atoms with Crippen LogP contribution in [0.1, 0.15) is 29.6 Å². The zero-order valence-corrected chi connectivity index (χ0v) is 13.9. The third kappa shape index (κ3) is 3.32. The maximum absolute atomic E-state index is 12.7. The number of pyridine rings is 1. The third-order valence-electron chi connectivity index (χ3n) is 5.07. The summed E-state index contributed by atoms with van der Waals surface area (Å²) < 4.78 is 13.4. The lowest BCUT2D eigenvalue weighted by atomic mass is 10.1. The number of nitrogens with zero attached hydrogens (tertiary/aromatic N) is 2. The third-order valence-corrected chi connectivity index (χ3v) is 5.07. The van der Waals surface area contributed by atoms with Gasteiger partial charge in [-0.1, -0.05) is 6.07 Å². The summed E-state index contributed by atoms with van der Waals surface area (Å²) in [6.07, 6.45) is 7.13. The minimum absolute atomic E-state index is 0.126. The zero-order chi connectivity index (χ0) is 16.4. The molecule has 2 aliphatic rings. The first-order valence-corrected chi connectivity index (χ1v) is 8.85. The van der Waals surface area contributed by atoms with Crippen LogP contribution in [0.4, 0.5) is 0 Å². The topological polar surface area (TPSA) is 43.2 Å². The van der Waals surface area contributed by atoms with Crippen molar-refractivity contribution >= 4 is 11.4 Å². The second-order valence-corrected chi connectivity index (χ2v) is 6.82. The number of piperidine rings is 1. The maximum Gasteiger partial charge on any atom is 0.255 e. The largest absolute Gasteiger partial charge is 0.381 e. The highest BCUT2D eigenvalue weighted by atomic mass is 16.5. The smallest absolute Gasteiger partial charge is 0.255 e. The summed E-state index contributed by atoms with van der Waals surface area (Å²) in [6.45, 7) is 4.05. The van der Waals surface area contributed by atoms with E-state index in [0.717, 1.165) is 63.3 Å². The first-order chi connectivity index (χ1) is 11.8. The summed E-state index contributed by atoms with van der Waals surface area (Å²) >= 11 is 0. The molecular weight excluding hydrogens is 304 g/mol. The molecule has 0 spiro atoms. The molecule has 2 aromatic heterocycles. The Morgan fingerprint density at radius 2 is 2.12 bits per heavy atom. The summed E-state index contributed by atoms with van der Waals surface area (Å²) in [5.41, 5.74) is 1.82. The molecule has 0 unspecified atom stereocenters. The predicted octanol–water partition coefficient (Wildman–Crippen LogP) is 2.60. The fourth-order valence-electron chi connectivity index (χ4n) is 3.57. The van der Waals surface area contributed by atoms with Crippen molar-refractivity contribution in [2.75, 3.05) is 32.9 Å². The van der Waals surface area contributed by atoms with Gasteiger partial charge >= 0.3 is 0 Å². The van der Waals surface area contributed by atoms with Crippen LogP contribution in [0.2, 0.25) is 0 Å². The van der Waals surface area contributed by atoms with Gasteiger partial charge in [0.25, 0.3) is 5.91 Å². The zero-order valence-electron chi connectivity index (χ0n) is 13.9. The van der Waals surface area contributed by atoms with Crippen molar-refractivity contribution < 1.29 is 14.3 Å². The molecule has 0 radical (unpaired) electrons. The number of hydrogen-bond acceptors (Lipinski definition) is 3. The van der Waals surface area contributed by atoms with Crippen LogP contribution in [0.3, 0.4) is 0 Å². The fraction of sp³-hybridized carbons (Fsp3) is 0.526. The lowest BCUT2D eigenvalue weighted by Gasteiger charge is -2.32. The van der Waals surface area contributed by atoms with Crippen LogP contribution in [0, 0.1) is 5.92 Å². The van der Waals surface area contributed by atoms with Gasteiger partial charge in [0.2, 0.25) is 0 Å². The summed E-state index contributed by atoms with van der Waals surface area (Å²) in [7, 11) is 0. The molecule has 4 rings (SSSR count). The van der Waals surface area contributed by atoms with E-state index < -0.39 is 0 Å². The van der Waals surface area contributed by atoms with Gasteiger partial charge in [-0.15, -0.1) is 0 Å². The van der Waals surface area contributed by atoms with Gasteiger partial charge in [-0.2, -0.15) is 0 Å². The Hall–Kier alpha value is -1.85. The number of carbonyl (C=O) groups is 1. The first-order valence-electron chi connectivity index (χ1n) is 8.85. The Kier molecular flexibility index (Phi) is 4.54. The van der Waals surface area contributed by atoms with Gasteiger partial charge in [0.05, 0.1) is 24.9 Å². The van der Waals surface area contributed by atoms with E-state index in [-0.39, 0.29) is 12.0 Å². The number of fused-ring (bicyclic) bond motifs is 1. The fourth-order valence-corrected chi connectivity index (χ4v) is 3.57. The lowest BCUT2D eigenvalue weighted by Crippen LogP contribution is -2.41. The van der Waals surface area contributed by atoms with Crippen molar-refractivity contribution in [3.05, 3.63) is 42.2 Å². The van der Waals surface area contributed by atoms with Crippen LogP contribution in [0.15, 0.2) is 36.7 Å². The maximum atomic E-state index is 12.7. The second kappa shape index (κ2) is 6.95. The van der Waals surface area contributed by atoms with Crippen LogP contribution >= 0.6 is 0 Å². The number of hydrogen-bond donors (Lipinski definition) is 0. The molecule has 1 atom stereocenters. The SMILES string of the molecule is O=C(c1cc2ccccn2c1)N1CCC(OC[C@@H]2CCOC2)CC1. The average molecular weight is 328 g/mol. The number of ether oxygens (including phenoxy) is 2. The van der Waals surface area contributed by atoms with E-state index in [1.807, 2.05) is 46.0 Å². The molecule has 5 heteroatoms. The molecule has 2 aliphatic heterocycles. The van der Waals surface area contributed by atoms with Gasteiger partial charge in [-0.25, -0.2) is 0 Å². The normalized spacial score (nSPS) is 22.3. The van der Waals surface area contributed by atoms with E-state index in [9.17, 15) is 4.79 Å². The highest BCUT2D eigenvalue weighted by molar-refractivity contribution is 5.95. The van der Waals surface area contributed by atoms with Crippen LogP contribution in [0.5, 0.6) is 0 Å². The Morgan fingerprint density at radius 3 is 2.88 bits per heavy atom. The van der Waals surface area contributed by atoms with Gasteiger partial charge in [0.15, 0.2) is 0 Å². The summed E-state index contributed by atoms with van der Waals surface area (Å²) in [5, 5.41) is 0. The summed E-state index contributed by atoms with van der Waals surface area (Å²) in [5.74, 6) is 0.680. The number of aromatic nitrogens is 1. The van der Waals surface area contributed by atoms with E-state index in [1.165, 1.54) is 0 Å². The molecule has 24 heavy (non-hydrogen) atoms. The highest BCUT2D eigenvalue weighted by Gasteiger charge is 2.26. The van der Waals surface area contributed by atoms with Crippen molar-refractivity contribution in [2.45, 2.75) is 25.4 Å². The molecular formula is C19H24N2O3. The molecule has 1 amide bonds. The van der Waals surface area contributed by atoms with Crippen molar-refractivity contribution in [1.29, 1.82) is 0 Å². The molecule has 0 saturated carbocycles.